The number of nitrogens with one attached hydrogen (secondary N) is 2. The first kappa shape index (κ1) is 19.4. The molecule has 4 aromatic rings. The molecule has 0 aliphatic carbocycles. The van der Waals surface area contributed by atoms with E-state index in [1.807, 2.05) is 0 Å². The van der Waals surface area contributed by atoms with Crippen LogP contribution >= 0.6 is 0 Å². The number of nitrogens with two attached hydrogens (primary N) is 1. The number of aromatic amines is 1. The summed E-state index contributed by atoms with van der Waals surface area (Å²) >= 11 is 0. The lowest BCUT2D eigenvalue weighted by Gasteiger charge is -2.17. The van der Waals surface area contributed by atoms with Crippen molar-refractivity contribution >= 4 is 28.3 Å². The summed E-state index contributed by atoms with van der Waals surface area (Å²) in [7, 11) is 0. The van der Waals surface area contributed by atoms with Crippen molar-refractivity contribution in [3.05, 3.63) is 71.8 Å². The molecule has 4 N–H and O–H groups in total. The minimum absolute atomic E-state index is 0.00412. The molecule has 1 amide bonds. The number of aromatic nitrogens is 3. The fraction of sp³-hybridized carbons (Fsp3) is 0.0500. The first-order valence-electron chi connectivity index (χ1n) is 8.60. The maximum Gasteiger partial charge on any atom is 0.417 e. The molecule has 0 bridgehead atoms. The third kappa shape index (κ3) is 3.66. The summed E-state index contributed by atoms with van der Waals surface area (Å²) in [5, 5.41) is 10.4. The molecule has 0 aliphatic rings. The van der Waals surface area contributed by atoms with E-state index < -0.39 is 23.6 Å². The highest BCUT2D eigenvalue weighted by Gasteiger charge is 2.35. The van der Waals surface area contributed by atoms with Crippen LogP contribution < -0.4 is 11.1 Å². The van der Waals surface area contributed by atoms with E-state index in [0.717, 1.165) is 17.5 Å². The summed E-state index contributed by atoms with van der Waals surface area (Å²) < 4.78 is 54.9. The Balaban J connectivity index is 1.85. The molecule has 0 fully saturated rings. The number of primary amides is 1. The van der Waals surface area contributed by atoms with Gasteiger partial charge < -0.3 is 11.1 Å². The molecular formula is C20H13F4N5O. The summed E-state index contributed by atoms with van der Waals surface area (Å²) in [5.74, 6) is -1.98. The van der Waals surface area contributed by atoms with Crippen molar-refractivity contribution in [1.82, 2.24) is 15.2 Å². The Morgan fingerprint density at radius 3 is 2.53 bits per heavy atom. The summed E-state index contributed by atoms with van der Waals surface area (Å²) in [4.78, 5) is 15.1. The van der Waals surface area contributed by atoms with Crippen LogP contribution in [-0.4, -0.2) is 21.1 Å². The van der Waals surface area contributed by atoms with Crippen LogP contribution in [0.25, 0.3) is 22.0 Å². The van der Waals surface area contributed by atoms with Gasteiger partial charge in [0.05, 0.1) is 17.3 Å². The zero-order valence-electron chi connectivity index (χ0n) is 15.1. The molecule has 2 heterocycles. The number of hydrogen-bond donors (Lipinski definition) is 3. The molecule has 0 radical (unpaired) electrons. The van der Waals surface area contributed by atoms with Crippen LogP contribution in [0.3, 0.4) is 0 Å². The zero-order chi connectivity index (χ0) is 21.5. The van der Waals surface area contributed by atoms with Gasteiger partial charge in [-0.2, -0.15) is 22.7 Å². The lowest BCUT2D eigenvalue weighted by atomic mass is 9.97. The average Bonchev–Trinajstić information content (AvgIpc) is 3.15. The van der Waals surface area contributed by atoms with Gasteiger partial charge in [0.2, 0.25) is 11.9 Å². The predicted octanol–water partition coefficient (Wildman–Crippen LogP) is 4.63. The highest BCUT2D eigenvalue weighted by Crippen LogP contribution is 2.40. The maximum absolute atomic E-state index is 13.8. The fourth-order valence-corrected chi connectivity index (χ4v) is 3.07. The SMILES string of the molecule is NC(=O)c1ccc(-c2ccc(F)nc2Nc2ccc3cn[nH]c3c2)c(C(F)(F)F)c1. The molecule has 6 nitrogen and oxygen atoms in total. The molecule has 0 unspecified atom stereocenters. The van der Waals surface area contributed by atoms with Gasteiger partial charge in [-0.25, -0.2) is 4.98 Å². The van der Waals surface area contributed by atoms with Crippen molar-refractivity contribution in [2.75, 3.05) is 5.32 Å². The van der Waals surface area contributed by atoms with Gasteiger partial charge in [0.15, 0.2) is 0 Å². The minimum atomic E-state index is -4.78. The third-order valence-electron chi connectivity index (χ3n) is 4.47. The van der Waals surface area contributed by atoms with Crippen LogP contribution in [0, 0.1) is 5.95 Å². The molecule has 0 saturated carbocycles. The fourth-order valence-electron chi connectivity index (χ4n) is 3.07. The van der Waals surface area contributed by atoms with Crippen molar-refractivity contribution in [2.45, 2.75) is 6.18 Å². The molecule has 4 rings (SSSR count). The van der Waals surface area contributed by atoms with E-state index in [-0.39, 0.29) is 22.5 Å². The topological polar surface area (TPSA) is 96.7 Å². The maximum atomic E-state index is 13.8. The van der Waals surface area contributed by atoms with Crippen LogP contribution in [0.2, 0.25) is 0 Å². The first-order valence-corrected chi connectivity index (χ1v) is 8.60. The molecule has 152 valence electrons. The first-order chi connectivity index (χ1) is 14.2. The minimum Gasteiger partial charge on any atom is -0.366 e. The number of rotatable bonds is 4. The number of nitrogens with zero attached hydrogens (tertiary/aromatic N) is 2. The van der Waals surface area contributed by atoms with Gasteiger partial charge in [0, 0.05) is 22.2 Å². The standard InChI is InChI=1S/C20H13F4N5O/c21-17-6-5-14(13-4-2-10(18(25)30)7-15(13)20(22,23)24)19(28-17)27-12-3-1-11-9-26-29-16(11)8-12/h1-9H,(H2,25,30)(H,26,29)(H,27,28). The second-order valence-electron chi connectivity index (χ2n) is 6.45. The molecule has 2 aromatic heterocycles. The van der Waals surface area contributed by atoms with Crippen molar-refractivity contribution in [3.63, 3.8) is 0 Å². The normalized spacial score (nSPS) is 11.6. The van der Waals surface area contributed by atoms with Gasteiger partial charge in [0.25, 0.3) is 0 Å². The smallest absolute Gasteiger partial charge is 0.366 e. The third-order valence-corrected chi connectivity index (χ3v) is 4.47. The number of fused-ring (bicyclic) bond motifs is 1. The Hall–Kier alpha value is -3.95. The molecule has 2 aromatic carbocycles. The van der Waals surface area contributed by atoms with Crippen LogP contribution in [0.1, 0.15) is 15.9 Å². The second kappa shape index (κ2) is 7.14. The number of benzene rings is 2. The van der Waals surface area contributed by atoms with Crippen LogP contribution in [0.5, 0.6) is 0 Å². The van der Waals surface area contributed by atoms with Gasteiger partial charge in [-0.3, -0.25) is 9.89 Å². The number of H-pyrrole nitrogens is 1. The van der Waals surface area contributed by atoms with E-state index in [4.69, 9.17) is 5.73 Å². The van der Waals surface area contributed by atoms with Crippen LogP contribution in [-0.2, 0) is 6.18 Å². The van der Waals surface area contributed by atoms with Crippen LogP contribution in [0.15, 0.2) is 54.7 Å². The molecule has 0 spiro atoms. The molecular weight excluding hydrogens is 402 g/mol. The highest BCUT2D eigenvalue weighted by molar-refractivity contribution is 5.94. The quantitative estimate of drug-likeness (QED) is 0.335. The number of pyridine rings is 1. The summed E-state index contributed by atoms with van der Waals surface area (Å²) in [6.07, 6.45) is -3.16. The van der Waals surface area contributed by atoms with Crippen molar-refractivity contribution in [2.24, 2.45) is 5.73 Å². The Labute approximate surface area is 166 Å². The van der Waals surface area contributed by atoms with Crippen LogP contribution in [0.4, 0.5) is 29.1 Å². The van der Waals surface area contributed by atoms with Gasteiger partial charge in [-0.15, -0.1) is 0 Å². The Bertz CT molecular complexity index is 1270. The Morgan fingerprint density at radius 2 is 1.80 bits per heavy atom. The lowest BCUT2D eigenvalue weighted by molar-refractivity contribution is -0.137. The molecule has 0 aliphatic heterocycles. The van der Waals surface area contributed by atoms with E-state index in [1.165, 1.54) is 12.1 Å². The number of hydrogen-bond acceptors (Lipinski definition) is 4. The summed E-state index contributed by atoms with van der Waals surface area (Å²) in [5.41, 5.74) is 4.62. The number of anilines is 2. The van der Waals surface area contributed by atoms with E-state index in [9.17, 15) is 22.4 Å². The van der Waals surface area contributed by atoms with Gasteiger partial charge in [-0.05, 0) is 48.0 Å². The number of amides is 1. The second-order valence-corrected chi connectivity index (χ2v) is 6.45. The molecule has 30 heavy (non-hydrogen) atoms. The number of halogens is 4. The summed E-state index contributed by atoms with van der Waals surface area (Å²) in [6.45, 7) is 0. The zero-order valence-corrected chi connectivity index (χ0v) is 15.1. The van der Waals surface area contributed by atoms with E-state index >= 15 is 0 Å². The van der Waals surface area contributed by atoms with E-state index in [2.05, 4.69) is 20.5 Å². The predicted molar refractivity (Wildman–Crippen MR) is 103 cm³/mol. The Morgan fingerprint density at radius 1 is 1.03 bits per heavy atom. The number of alkyl halides is 3. The van der Waals surface area contributed by atoms with Crippen molar-refractivity contribution in [3.8, 4) is 11.1 Å². The molecule has 10 heteroatoms. The number of carbonyl (C=O) groups is 1. The summed E-state index contributed by atoms with van der Waals surface area (Å²) in [6, 6.07) is 10.2. The van der Waals surface area contributed by atoms with E-state index in [1.54, 1.807) is 24.4 Å². The van der Waals surface area contributed by atoms with Gasteiger partial charge in [-0.1, -0.05) is 6.07 Å². The average molecular weight is 415 g/mol. The highest BCUT2D eigenvalue weighted by atomic mass is 19.4. The monoisotopic (exact) mass is 415 g/mol. The molecule has 0 saturated heterocycles. The van der Waals surface area contributed by atoms with Crippen molar-refractivity contribution < 1.29 is 22.4 Å². The molecule has 0 atom stereocenters. The number of carbonyl (C=O) groups excluding carboxylic acids is 1. The van der Waals surface area contributed by atoms with Gasteiger partial charge >= 0.3 is 6.18 Å². The largest absolute Gasteiger partial charge is 0.417 e. The lowest BCUT2D eigenvalue weighted by Crippen LogP contribution is -2.14. The van der Waals surface area contributed by atoms with E-state index in [0.29, 0.717) is 17.3 Å². The Kier molecular flexibility index (Phi) is 4.61. The van der Waals surface area contributed by atoms with Gasteiger partial charge in [0.1, 0.15) is 5.82 Å². The van der Waals surface area contributed by atoms with Crippen molar-refractivity contribution in [1.29, 1.82) is 0 Å².